The number of hydrogen-bond donors (Lipinski definition) is 2. The molecule has 4 aromatic rings. The van der Waals surface area contributed by atoms with Crippen LogP contribution in [-0.4, -0.2) is 70.8 Å². The number of esters is 1. The van der Waals surface area contributed by atoms with E-state index in [0.717, 1.165) is 12.8 Å². The fourth-order valence-corrected chi connectivity index (χ4v) is 6.64. The van der Waals surface area contributed by atoms with Crippen molar-refractivity contribution >= 4 is 17.7 Å². The smallest absolute Gasteiger partial charge is 0.429 e. The van der Waals surface area contributed by atoms with Gasteiger partial charge in [0.05, 0.1) is 24.6 Å². The van der Waals surface area contributed by atoms with Gasteiger partial charge in [0, 0.05) is 37.5 Å². The molecule has 2 aromatic carbocycles. The van der Waals surface area contributed by atoms with Crippen LogP contribution in [0, 0.1) is 18.2 Å². The van der Waals surface area contributed by atoms with Gasteiger partial charge in [0.1, 0.15) is 11.9 Å². The summed E-state index contributed by atoms with van der Waals surface area (Å²) in [7, 11) is 0. The number of nitrogens with two attached hydrogens (primary N) is 1. The zero-order chi connectivity index (χ0) is 35.6. The topological polar surface area (TPSA) is 130 Å². The molecule has 1 spiro atoms. The van der Waals surface area contributed by atoms with Gasteiger partial charge in [-0.05, 0) is 80.8 Å². The van der Waals surface area contributed by atoms with Crippen LogP contribution in [0.3, 0.4) is 0 Å². The number of nitrogens with zero attached hydrogens (tertiary/aromatic N) is 5. The number of hydrogen-bond acceptors (Lipinski definition) is 10. The van der Waals surface area contributed by atoms with Crippen molar-refractivity contribution in [3.8, 4) is 28.4 Å². The number of aromatic nitrogens is 4. The van der Waals surface area contributed by atoms with Gasteiger partial charge in [0.15, 0.2) is 11.6 Å². The van der Waals surface area contributed by atoms with Gasteiger partial charge in [0.2, 0.25) is 17.9 Å². The Hall–Kier alpha value is -4.92. The van der Waals surface area contributed by atoms with Crippen LogP contribution in [0.5, 0.6) is 11.6 Å². The molecule has 0 bridgehead atoms. The van der Waals surface area contributed by atoms with Crippen LogP contribution in [-0.2, 0) is 9.53 Å². The zero-order valence-electron chi connectivity index (χ0n) is 28.0. The number of nitrogen functional groups attached to an aromatic ring is 1. The lowest BCUT2D eigenvalue weighted by molar-refractivity contribution is -0.198. The third kappa shape index (κ3) is 7.47. The van der Waals surface area contributed by atoms with Gasteiger partial charge in [-0.25, -0.2) is 9.07 Å². The molecule has 11 nitrogen and oxygen atoms in total. The first-order valence-electron chi connectivity index (χ1n) is 16.5. The maximum absolute atomic E-state index is 14.9. The number of aryl methyl sites for hydroxylation is 1. The summed E-state index contributed by atoms with van der Waals surface area (Å²) >= 11 is 0. The number of alkyl halides is 3. The molecule has 6 rings (SSSR count). The van der Waals surface area contributed by atoms with Crippen LogP contribution in [0.2, 0.25) is 0 Å². The standard InChI is InChI=1S/C35H39F4N7O4/c1-4-48-28-17-23(7-9-25(28)36)22-6-8-24(27(16-22)46-13-10-21(3)44-46)31(35(37,38)39)50-30-18-29(42-33(40)43-30)45-14-11-34(12-15-45)19-26(41-20-34)32(47)49-5-2/h6-10,13,16-18,26,31,41H,4-5,11-12,14-15,19-20H2,1-3H3,(H2,40,42,43)/t26-,31+/m0/s1. The highest BCUT2D eigenvalue weighted by molar-refractivity contribution is 5.76. The molecule has 2 aliphatic heterocycles. The summed E-state index contributed by atoms with van der Waals surface area (Å²) in [5.41, 5.74) is 7.45. The lowest BCUT2D eigenvalue weighted by Gasteiger charge is -2.39. The average molecular weight is 698 g/mol. The Morgan fingerprint density at radius 2 is 1.80 bits per heavy atom. The summed E-state index contributed by atoms with van der Waals surface area (Å²) in [6.07, 6.45) is -3.65. The van der Waals surface area contributed by atoms with E-state index >= 15 is 0 Å². The Labute approximate surface area is 286 Å². The summed E-state index contributed by atoms with van der Waals surface area (Å²) in [5.74, 6) is -1.01. The highest BCUT2D eigenvalue weighted by Gasteiger charge is 2.46. The van der Waals surface area contributed by atoms with Crippen LogP contribution >= 0.6 is 0 Å². The molecule has 0 aliphatic carbocycles. The minimum atomic E-state index is -4.88. The van der Waals surface area contributed by atoms with E-state index in [1.807, 2.05) is 4.90 Å². The van der Waals surface area contributed by atoms with E-state index in [4.69, 9.17) is 19.9 Å². The van der Waals surface area contributed by atoms with Gasteiger partial charge in [-0.3, -0.25) is 4.79 Å². The molecule has 0 unspecified atom stereocenters. The maximum atomic E-state index is 14.9. The maximum Gasteiger partial charge on any atom is 0.429 e. The second-order valence-corrected chi connectivity index (χ2v) is 12.6. The van der Waals surface area contributed by atoms with Gasteiger partial charge < -0.3 is 30.2 Å². The Kier molecular flexibility index (Phi) is 9.87. The molecule has 3 N–H and O–H groups in total. The number of nitrogens with one attached hydrogen (secondary N) is 1. The Morgan fingerprint density at radius 1 is 1.06 bits per heavy atom. The number of halogens is 4. The summed E-state index contributed by atoms with van der Waals surface area (Å²) in [5, 5.41) is 7.65. The molecule has 2 atom stereocenters. The van der Waals surface area contributed by atoms with E-state index in [-0.39, 0.29) is 52.9 Å². The normalized spacial score (nSPS) is 17.9. The van der Waals surface area contributed by atoms with Gasteiger partial charge in [-0.2, -0.15) is 28.2 Å². The van der Waals surface area contributed by atoms with Crippen molar-refractivity contribution in [2.45, 2.75) is 58.4 Å². The SMILES string of the molecule is CCOC(=O)[C@@H]1CC2(CCN(c3cc(O[C@H](c4ccc(-c5ccc(F)c(OCC)c5)cc4-n4ccc(C)n4)C(F)(F)F)nc(N)n3)CC2)CN1. The molecule has 4 heterocycles. The summed E-state index contributed by atoms with van der Waals surface area (Å²) < 4.78 is 76.7. The molecule has 0 amide bonds. The molecule has 2 aromatic heterocycles. The summed E-state index contributed by atoms with van der Waals surface area (Å²) in [4.78, 5) is 22.5. The molecule has 2 aliphatic rings. The molecule has 266 valence electrons. The minimum Gasteiger partial charge on any atom is -0.491 e. The number of piperidine rings is 1. The van der Waals surface area contributed by atoms with E-state index in [2.05, 4.69) is 20.4 Å². The molecular formula is C35H39F4N7O4. The fourth-order valence-electron chi connectivity index (χ4n) is 6.64. The van der Waals surface area contributed by atoms with Gasteiger partial charge in [0.25, 0.3) is 0 Å². The number of benzene rings is 2. The van der Waals surface area contributed by atoms with Crippen molar-refractivity contribution in [1.82, 2.24) is 25.1 Å². The average Bonchev–Trinajstić information content (AvgIpc) is 3.71. The van der Waals surface area contributed by atoms with E-state index in [1.165, 1.54) is 41.1 Å². The van der Waals surface area contributed by atoms with Gasteiger partial charge >= 0.3 is 12.1 Å². The molecule has 2 fully saturated rings. The van der Waals surface area contributed by atoms with Gasteiger partial charge in [-0.1, -0.05) is 18.2 Å². The Bertz CT molecular complexity index is 1840. The van der Waals surface area contributed by atoms with Crippen molar-refractivity contribution in [3.05, 3.63) is 71.8 Å². The van der Waals surface area contributed by atoms with E-state index in [1.54, 1.807) is 39.1 Å². The van der Waals surface area contributed by atoms with Crippen LogP contribution in [0.4, 0.5) is 29.3 Å². The van der Waals surface area contributed by atoms with Crippen molar-refractivity contribution in [1.29, 1.82) is 0 Å². The highest BCUT2D eigenvalue weighted by atomic mass is 19.4. The summed E-state index contributed by atoms with van der Waals surface area (Å²) in [6.45, 7) is 7.55. The largest absolute Gasteiger partial charge is 0.491 e. The highest BCUT2D eigenvalue weighted by Crippen LogP contribution is 2.43. The quantitative estimate of drug-likeness (QED) is 0.152. The second kappa shape index (κ2) is 14.1. The molecule has 0 saturated carbocycles. The third-order valence-electron chi connectivity index (χ3n) is 9.17. The number of carbonyl (C=O) groups is 1. The van der Waals surface area contributed by atoms with Crippen molar-refractivity contribution in [3.63, 3.8) is 0 Å². The Morgan fingerprint density at radius 3 is 2.48 bits per heavy atom. The first-order valence-corrected chi connectivity index (χ1v) is 16.5. The minimum absolute atomic E-state index is 0.0314. The monoisotopic (exact) mass is 697 g/mol. The third-order valence-corrected chi connectivity index (χ3v) is 9.17. The number of rotatable bonds is 10. The van der Waals surface area contributed by atoms with Crippen molar-refractivity contribution in [2.24, 2.45) is 5.41 Å². The van der Waals surface area contributed by atoms with Crippen LogP contribution in [0.15, 0.2) is 54.7 Å². The molecule has 15 heteroatoms. The van der Waals surface area contributed by atoms with E-state index in [9.17, 15) is 22.4 Å². The van der Waals surface area contributed by atoms with Gasteiger partial charge in [-0.15, -0.1) is 0 Å². The lowest BCUT2D eigenvalue weighted by Crippen LogP contribution is -2.41. The van der Waals surface area contributed by atoms with E-state index < -0.39 is 18.1 Å². The van der Waals surface area contributed by atoms with Crippen LogP contribution in [0.25, 0.3) is 16.8 Å². The van der Waals surface area contributed by atoms with Crippen molar-refractivity contribution in [2.75, 3.05) is 43.5 Å². The van der Waals surface area contributed by atoms with Crippen LogP contribution in [0.1, 0.15) is 50.5 Å². The Balaban J connectivity index is 1.28. The first kappa shape index (κ1) is 34.9. The predicted octanol–water partition coefficient (Wildman–Crippen LogP) is 5.95. The van der Waals surface area contributed by atoms with Crippen molar-refractivity contribution < 1.29 is 36.6 Å². The molecule has 0 radical (unpaired) electrons. The fraction of sp³-hybridized carbons (Fsp3) is 0.429. The molecule has 50 heavy (non-hydrogen) atoms. The number of ether oxygens (including phenoxy) is 3. The second-order valence-electron chi connectivity index (χ2n) is 12.6. The molecule has 2 saturated heterocycles. The zero-order valence-corrected chi connectivity index (χ0v) is 28.0. The molecular weight excluding hydrogens is 658 g/mol. The van der Waals surface area contributed by atoms with E-state index in [0.29, 0.717) is 55.3 Å². The lowest BCUT2D eigenvalue weighted by atomic mass is 9.76. The first-order chi connectivity index (χ1) is 23.9. The predicted molar refractivity (Wildman–Crippen MR) is 178 cm³/mol. The van der Waals surface area contributed by atoms with Crippen LogP contribution < -0.4 is 25.4 Å². The number of anilines is 2. The number of carbonyl (C=O) groups excluding carboxylic acids is 1. The summed E-state index contributed by atoms with van der Waals surface area (Å²) in [6, 6.07) is 11.3.